The molecule has 0 unspecified atom stereocenters. The summed E-state index contributed by atoms with van der Waals surface area (Å²) < 4.78 is 2.15. The summed E-state index contributed by atoms with van der Waals surface area (Å²) in [4.78, 5) is 12.4. The van der Waals surface area contributed by atoms with Crippen molar-refractivity contribution in [3.8, 4) is 5.69 Å². The second-order valence-electron chi connectivity index (χ2n) is 6.34. The van der Waals surface area contributed by atoms with Crippen LogP contribution in [0.5, 0.6) is 0 Å². The number of carbonyl (C=O) groups excluding carboxylic acids is 1. The third-order valence-electron chi connectivity index (χ3n) is 4.62. The minimum atomic E-state index is -0.112. The highest BCUT2D eigenvalue weighted by Gasteiger charge is 2.24. The van der Waals surface area contributed by atoms with Gasteiger partial charge >= 0.3 is 0 Å². The van der Waals surface area contributed by atoms with Crippen LogP contribution in [0.1, 0.15) is 22.5 Å². The van der Waals surface area contributed by atoms with E-state index in [4.69, 9.17) is 23.2 Å². The molecule has 0 spiro atoms. The van der Waals surface area contributed by atoms with Gasteiger partial charge in [-0.15, -0.1) is 0 Å². The topological polar surface area (TPSA) is 34.0 Å². The van der Waals surface area contributed by atoms with Crippen molar-refractivity contribution >= 4 is 46.4 Å². The van der Waals surface area contributed by atoms with Crippen LogP contribution in [0.2, 0.25) is 10.0 Å². The molecule has 4 rings (SSSR count). The average Bonchev–Trinajstić information content (AvgIpc) is 3.05. The summed E-state index contributed by atoms with van der Waals surface area (Å²) in [5, 5.41) is 4.18. The van der Waals surface area contributed by atoms with Gasteiger partial charge in [-0.25, -0.2) is 0 Å². The lowest BCUT2D eigenvalue weighted by atomic mass is 10.0. The minimum Gasteiger partial charge on any atom is -0.321 e. The second kappa shape index (κ2) is 6.35. The summed E-state index contributed by atoms with van der Waals surface area (Å²) in [6, 6.07) is 15.2. The van der Waals surface area contributed by atoms with Gasteiger partial charge in [0.15, 0.2) is 0 Å². The first-order chi connectivity index (χ1) is 12.4. The van der Waals surface area contributed by atoms with Crippen LogP contribution in [0.3, 0.4) is 0 Å². The number of rotatable bonds is 2. The number of fused-ring (bicyclic) bond motifs is 1. The fourth-order valence-corrected chi connectivity index (χ4v) is 3.68. The van der Waals surface area contributed by atoms with Crippen molar-refractivity contribution in [2.75, 3.05) is 5.32 Å². The van der Waals surface area contributed by atoms with E-state index in [1.54, 1.807) is 12.1 Å². The zero-order chi connectivity index (χ0) is 18.4. The number of benzene rings is 2. The van der Waals surface area contributed by atoms with Gasteiger partial charge in [0.25, 0.3) is 5.91 Å². The Balaban J connectivity index is 1.81. The molecular formula is C21H16Cl2N2O. The Hall–Kier alpha value is -2.49. The van der Waals surface area contributed by atoms with Crippen molar-refractivity contribution < 1.29 is 4.79 Å². The van der Waals surface area contributed by atoms with Crippen molar-refractivity contribution in [1.82, 2.24) is 4.57 Å². The Morgan fingerprint density at radius 2 is 1.65 bits per heavy atom. The van der Waals surface area contributed by atoms with E-state index in [-0.39, 0.29) is 5.91 Å². The van der Waals surface area contributed by atoms with Crippen LogP contribution in [-0.4, -0.2) is 10.5 Å². The number of hydrogen-bond donors (Lipinski definition) is 1. The van der Waals surface area contributed by atoms with Crippen LogP contribution in [0.4, 0.5) is 5.69 Å². The summed E-state index contributed by atoms with van der Waals surface area (Å²) in [7, 11) is 0. The third kappa shape index (κ3) is 2.83. The van der Waals surface area contributed by atoms with E-state index < -0.39 is 0 Å². The zero-order valence-electron chi connectivity index (χ0n) is 14.3. The molecule has 0 atom stereocenters. The molecule has 0 aliphatic carbocycles. The predicted molar refractivity (Wildman–Crippen MR) is 108 cm³/mol. The van der Waals surface area contributed by atoms with Gasteiger partial charge in [-0.05, 0) is 68.0 Å². The Morgan fingerprint density at radius 1 is 0.962 bits per heavy atom. The van der Waals surface area contributed by atoms with Gasteiger partial charge in [-0.3, -0.25) is 4.79 Å². The number of aryl methyl sites for hydroxylation is 1. The van der Waals surface area contributed by atoms with Gasteiger partial charge in [0.1, 0.15) is 0 Å². The smallest absolute Gasteiger partial charge is 0.256 e. The molecule has 0 radical (unpaired) electrons. The molecule has 0 fully saturated rings. The summed E-state index contributed by atoms with van der Waals surface area (Å²) in [5.41, 5.74) is 6.46. The van der Waals surface area contributed by atoms with Crippen LogP contribution < -0.4 is 5.32 Å². The van der Waals surface area contributed by atoms with E-state index in [1.807, 2.05) is 50.3 Å². The van der Waals surface area contributed by atoms with E-state index in [9.17, 15) is 4.79 Å². The molecule has 0 saturated heterocycles. The second-order valence-corrected chi connectivity index (χ2v) is 7.21. The minimum absolute atomic E-state index is 0.112. The van der Waals surface area contributed by atoms with Gasteiger partial charge in [0.2, 0.25) is 0 Å². The fourth-order valence-electron chi connectivity index (χ4n) is 3.39. The number of halogens is 2. The average molecular weight is 383 g/mol. The van der Waals surface area contributed by atoms with Crippen LogP contribution >= 0.6 is 23.2 Å². The molecule has 3 nitrogen and oxygen atoms in total. The molecule has 1 aliphatic rings. The van der Waals surface area contributed by atoms with Crippen molar-refractivity contribution in [2.24, 2.45) is 0 Å². The molecule has 0 saturated carbocycles. The summed E-state index contributed by atoms with van der Waals surface area (Å²) in [6.07, 6.45) is 1.93. The highest BCUT2D eigenvalue weighted by molar-refractivity contribution is 6.36. The van der Waals surface area contributed by atoms with Crippen molar-refractivity contribution in [3.63, 3.8) is 0 Å². The van der Waals surface area contributed by atoms with Crippen LogP contribution in [0, 0.1) is 13.8 Å². The zero-order valence-corrected chi connectivity index (χ0v) is 15.8. The molecule has 2 aromatic carbocycles. The molecule has 2 heterocycles. The lowest BCUT2D eigenvalue weighted by Crippen LogP contribution is -2.03. The molecule has 1 aliphatic heterocycles. The number of aromatic nitrogens is 1. The first kappa shape index (κ1) is 17.0. The van der Waals surface area contributed by atoms with Gasteiger partial charge < -0.3 is 9.88 Å². The molecule has 0 bridgehead atoms. The first-order valence-electron chi connectivity index (χ1n) is 8.22. The predicted octanol–water partition coefficient (Wildman–Crippen LogP) is 5.89. The van der Waals surface area contributed by atoms with E-state index in [0.29, 0.717) is 15.6 Å². The van der Waals surface area contributed by atoms with Gasteiger partial charge in [-0.1, -0.05) is 29.3 Å². The van der Waals surface area contributed by atoms with Crippen LogP contribution in [0.25, 0.3) is 17.3 Å². The highest BCUT2D eigenvalue weighted by Crippen LogP contribution is 2.36. The number of hydrogen-bond acceptors (Lipinski definition) is 1. The molecule has 1 aromatic heterocycles. The van der Waals surface area contributed by atoms with Crippen molar-refractivity contribution in [2.45, 2.75) is 13.8 Å². The summed E-state index contributed by atoms with van der Waals surface area (Å²) >= 11 is 12.0. The SMILES string of the molecule is Cc1cc(/C=C2/C(=O)Nc3cc(Cl)ccc32)c(C)n1-c1ccc(Cl)cc1. The van der Waals surface area contributed by atoms with E-state index in [2.05, 4.69) is 16.0 Å². The van der Waals surface area contributed by atoms with Gasteiger partial charge in [-0.2, -0.15) is 0 Å². The Morgan fingerprint density at radius 3 is 2.38 bits per heavy atom. The van der Waals surface area contributed by atoms with E-state index in [0.717, 1.165) is 33.9 Å². The number of nitrogens with zero attached hydrogens (tertiary/aromatic N) is 1. The molecule has 130 valence electrons. The Bertz CT molecular complexity index is 1060. The first-order valence-corrected chi connectivity index (χ1v) is 8.97. The summed E-state index contributed by atoms with van der Waals surface area (Å²) in [5.74, 6) is -0.112. The van der Waals surface area contributed by atoms with Crippen molar-refractivity contribution in [3.05, 3.63) is 81.1 Å². The maximum atomic E-state index is 12.4. The van der Waals surface area contributed by atoms with Crippen LogP contribution in [-0.2, 0) is 4.79 Å². The Kier molecular flexibility index (Phi) is 4.14. The molecule has 3 aromatic rings. The van der Waals surface area contributed by atoms with Crippen LogP contribution in [0.15, 0.2) is 48.5 Å². The fraction of sp³-hybridized carbons (Fsp3) is 0.0952. The van der Waals surface area contributed by atoms with E-state index in [1.165, 1.54) is 0 Å². The van der Waals surface area contributed by atoms with Crippen molar-refractivity contribution in [1.29, 1.82) is 0 Å². The standard InChI is InChI=1S/C21H16Cl2N2O/c1-12-9-14(13(2)25(12)17-6-3-15(22)4-7-17)10-19-18-8-5-16(23)11-20(18)24-21(19)26/h3-11H,1-2H3,(H,24,26)/b19-10+. The number of anilines is 1. The third-order valence-corrected chi connectivity index (χ3v) is 5.11. The normalized spacial score (nSPS) is 14.6. The molecule has 1 amide bonds. The van der Waals surface area contributed by atoms with Gasteiger partial charge in [0, 0.05) is 38.3 Å². The maximum absolute atomic E-state index is 12.4. The quantitative estimate of drug-likeness (QED) is 0.550. The lowest BCUT2D eigenvalue weighted by molar-refractivity contribution is -0.110. The number of nitrogens with one attached hydrogen (secondary N) is 1. The molecule has 1 N–H and O–H groups in total. The van der Waals surface area contributed by atoms with E-state index >= 15 is 0 Å². The lowest BCUT2D eigenvalue weighted by Gasteiger charge is -2.09. The molecule has 26 heavy (non-hydrogen) atoms. The molecular weight excluding hydrogens is 367 g/mol. The van der Waals surface area contributed by atoms with Gasteiger partial charge in [0.05, 0.1) is 5.69 Å². The number of amides is 1. The summed E-state index contributed by atoms with van der Waals surface area (Å²) in [6.45, 7) is 4.09. The maximum Gasteiger partial charge on any atom is 0.256 e. The highest BCUT2D eigenvalue weighted by atomic mass is 35.5. The number of carbonyl (C=O) groups is 1. The Labute approximate surface area is 161 Å². The monoisotopic (exact) mass is 382 g/mol. The molecule has 5 heteroatoms. The largest absolute Gasteiger partial charge is 0.321 e.